The van der Waals surface area contributed by atoms with E-state index in [0.717, 1.165) is 0 Å². The van der Waals surface area contributed by atoms with Crippen molar-refractivity contribution in [2.75, 3.05) is 12.0 Å². The van der Waals surface area contributed by atoms with E-state index in [9.17, 15) is 14.7 Å². The van der Waals surface area contributed by atoms with Gasteiger partial charge >= 0.3 is 0 Å². The predicted molar refractivity (Wildman–Crippen MR) is 123 cm³/mol. The number of hydrogen-bond donors (Lipinski definition) is 1. The Bertz CT molecular complexity index is 1260. The molecule has 6 nitrogen and oxygen atoms in total. The van der Waals surface area contributed by atoms with E-state index in [2.05, 4.69) is 4.98 Å². The first-order valence-electron chi connectivity index (χ1n) is 9.66. The first kappa shape index (κ1) is 21.9. The predicted octanol–water partition coefficient (Wildman–Crippen LogP) is 5.33. The number of carbonyl (C=O) groups excluding carboxylic acids is 2. The van der Waals surface area contributed by atoms with E-state index in [1.165, 1.54) is 18.1 Å². The minimum Gasteiger partial charge on any atom is -0.507 e. The number of benzene rings is 2. The lowest BCUT2D eigenvalue weighted by molar-refractivity contribution is -0.132. The third-order valence-corrected chi connectivity index (χ3v) is 6.06. The highest BCUT2D eigenvalue weighted by Crippen LogP contribution is 2.43. The van der Waals surface area contributed by atoms with Gasteiger partial charge in [-0.15, -0.1) is 0 Å². The molecule has 1 aromatic heterocycles. The molecule has 2 heterocycles. The zero-order chi connectivity index (χ0) is 23.0. The second-order valence-electron chi connectivity index (χ2n) is 7.16. The molecule has 0 saturated carbocycles. The summed E-state index contributed by atoms with van der Waals surface area (Å²) in [6.07, 6.45) is 1.56. The second-order valence-corrected chi connectivity index (χ2v) is 7.97. The van der Waals surface area contributed by atoms with Gasteiger partial charge in [0, 0.05) is 22.5 Å². The minimum absolute atomic E-state index is 0.0857. The molecule has 0 radical (unpaired) electrons. The number of aliphatic hydroxyl groups is 1. The molecule has 32 heavy (non-hydrogen) atoms. The summed E-state index contributed by atoms with van der Waals surface area (Å²) in [5.74, 6) is -1.64. The number of carbonyl (C=O) groups is 2. The Balaban J connectivity index is 1.97. The van der Waals surface area contributed by atoms with Crippen LogP contribution in [0.2, 0.25) is 10.0 Å². The van der Waals surface area contributed by atoms with Crippen LogP contribution in [0.1, 0.15) is 22.9 Å². The van der Waals surface area contributed by atoms with Crippen molar-refractivity contribution in [3.63, 3.8) is 0 Å². The number of Topliss-reactive ketones (excluding diaryl/α,β-unsaturated/α-hetero) is 1. The first-order chi connectivity index (χ1) is 15.3. The number of anilines is 1. The fourth-order valence-electron chi connectivity index (χ4n) is 3.72. The largest absolute Gasteiger partial charge is 0.507 e. The molecule has 1 aliphatic rings. The van der Waals surface area contributed by atoms with Crippen molar-refractivity contribution in [1.29, 1.82) is 0 Å². The summed E-state index contributed by atoms with van der Waals surface area (Å²) in [6, 6.07) is 13.9. The van der Waals surface area contributed by atoms with E-state index < -0.39 is 17.7 Å². The lowest BCUT2D eigenvalue weighted by atomic mass is 9.98. The van der Waals surface area contributed by atoms with Gasteiger partial charge in [-0.1, -0.05) is 35.3 Å². The summed E-state index contributed by atoms with van der Waals surface area (Å²) in [5.41, 5.74) is 1.71. The number of halogens is 2. The number of ether oxygens (including phenoxy) is 1. The highest BCUT2D eigenvalue weighted by Gasteiger charge is 2.48. The third-order valence-electron chi connectivity index (χ3n) is 5.34. The molecule has 2 aromatic carbocycles. The molecular formula is C24H18Cl2N2O4. The van der Waals surface area contributed by atoms with Crippen LogP contribution in [0.25, 0.3) is 5.76 Å². The van der Waals surface area contributed by atoms with E-state index >= 15 is 0 Å². The average molecular weight is 469 g/mol. The van der Waals surface area contributed by atoms with E-state index in [1.54, 1.807) is 61.7 Å². The highest BCUT2D eigenvalue weighted by atomic mass is 35.5. The van der Waals surface area contributed by atoms with Gasteiger partial charge in [0.1, 0.15) is 17.6 Å². The van der Waals surface area contributed by atoms with Crippen molar-refractivity contribution in [2.24, 2.45) is 0 Å². The third kappa shape index (κ3) is 3.61. The number of amides is 1. The van der Waals surface area contributed by atoms with Crippen molar-refractivity contribution in [3.8, 4) is 5.75 Å². The van der Waals surface area contributed by atoms with Crippen LogP contribution in [0.3, 0.4) is 0 Å². The fourth-order valence-corrected chi connectivity index (χ4v) is 4.08. The molecule has 4 rings (SSSR count). The van der Waals surface area contributed by atoms with Crippen molar-refractivity contribution >= 4 is 46.3 Å². The molecule has 1 saturated heterocycles. The Morgan fingerprint density at radius 2 is 1.84 bits per heavy atom. The van der Waals surface area contributed by atoms with Crippen LogP contribution in [-0.2, 0) is 9.59 Å². The Morgan fingerprint density at radius 3 is 2.53 bits per heavy atom. The van der Waals surface area contributed by atoms with Gasteiger partial charge in [0.05, 0.1) is 23.4 Å². The molecule has 1 N–H and O–H groups in total. The monoisotopic (exact) mass is 468 g/mol. The topological polar surface area (TPSA) is 79.7 Å². The van der Waals surface area contributed by atoms with Crippen LogP contribution in [0.5, 0.6) is 5.75 Å². The normalized spacial score (nSPS) is 17.6. The molecule has 162 valence electrons. The van der Waals surface area contributed by atoms with E-state index in [0.29, 0.717) is 32.7 Å². The number of pyridine rings is 1. The molecule has 1 unspecified atom stereocenters. The zero-order valence-electron chi connectivity index (χ0n) is 17.2. The number of hydrogen-bond acceptors (Lipinski definition) is 5. The Morgan fingerprint density at radius 1 is 1.06 bits per heavy atom. The van der Waals surface area contributed by atoms with E-state index in [-0.39, 0.29) is 16.9 Å². The zero-order valence-corrected chi connectivity index (χ0v) is 18.7. The van der Waals surface area contributed by atoms with Gasteiger partial charge in [0.2, 0.25) is 0 Å². The lowest BCUT2D eigenvalue weighted by Crippen LogP contribution is -2.30. The van der Waals surface area contributed by atoms with Gasteiger partial charge in [-0.2, -0.15) is 0 Å². The van der Waals surface area contributed by atoms with Crippen LogP contribution in [-0.4, -0.2) is 28.9 Å². The second kappa shape index (κ2) is 8.65. The van der Waals surface area contributed by atoms with Crippen molar-refractivity contribution in [2.45, 2.75) is 13.0 Å². The Hall–Kier alpha value is -3.35. The minimum atomic E-state index is -0.949. The molecular weight excluding hydrogens is 451 g/mol. The summed E-state index contributed by atoms with van der Waals surface area (Å²) in [6.45, 7) is 1.76. The van der Waals surface area contributed by atoms with Crippen LogP contribution in [0.4, 0.5) is 5.69 Å². The van der Waals surface area contributed by atoms with Gasteiger partial charge in [-0.25, -0.2) is 0 Å². The summed E-state index contributed by atoms with van der Waals surface area (Å²) in [5, 5.41) is 12.0. The quantitative estimate of drug-likeness (QED) is 0.317. The summed E-state index contributed by atoms with van der Waals surface area (Å²) >= 11 is 12.4. The lowest BCUT2D eigenvalue weighted by Gasteiger charge is -2.26. The smallest absolute Gasteiger partial charge is 0.300 e. The molecule has 1 amide bonds. The summed E-state index contributed by atoms with van der Waals surface area (Å²) in [4.78, 5) is 32.1. The number of rotatable bonds is 4. The van der Waals surface area contributed by atoms with Crippen LogP contribution >= 0.6 is 23.2 Å². The van der Waals surface area contributed by atoms with Gasteiger partial charge in [-0.3, -0.25) is 19.5 Å². The van der Waals surface area contributed by atoms with Crippen molar-refractivity contribution < 1.29 is 19.4 Å². The van der Waals surface area contributed by atoms with Crippen LogP contribution in [0, 0.1) is 6.92 Å². The molecule has 1 aliphatic heterocycles. The van der Waals surface area contributed by atoms with Crippen molar-refractivity contribution in [3.05, 3.63) is 93.2 Å². The maximum absolute atomic E-state index is 13.2. The molecule has 0 spiro atoms. The number of aliphatic hydroxyl groups excluding tert-OH is 1. The summed E-state index contributed by atoms with van der Waals surface area (Å²) in [7, 11) is 1.44. The molecule has 1 atom stereocenters. The molecule has 8 heteroatoms. The van der Waals surface area contributed by atoms with Gasteiger partial charge < -0.3 is 9.84 Å². The Labute approximate surface area is 194 Å². The number of ketones is 1. The number of aromatic nitrogens is 1. The average Bonchev–Trinajstić information content (AvgIpc) is 3.06. The van der Waals surface area contributed by atoms with Gasteiger partial charge in [-0.05, 0) is 55.0 Å². The van der Waals surface area contributed by atoms with E-state index in [4.69, 9.17) is 27.9 Å². The standard InChI is InChI=1S/C24H18Cl2N2O4/c1-13-15(25)6-5-8-18(13)28-21(17-7-3-4-11-27-17)20(23(30)24(28)31)22(29)14-9-10-16(26)19(12-14)32-2/h3-12,21,29H,1-2H3/b22-20+. The van der Waals surface area contributed by atoms with Crippen LogP contribution in [0.15, 0.2) is 66.4 Å². The SMILES string of the molecule is COc1cc(/C(O)=C2\C(=O)C(=O)N(c3cccc(Cl)c3C)C2c2ccccn2)ccc1Cl. The van der Waals surface area contributed by atoms with Gasteiger partial charge in [0.25, 0.3) is 11.7 Å². The highest BCUT2D eigenvalue weighted by molar-refractivity contribution is 6.52. The maximum atomic E-state index is 13.2. The van der Waals surface area contributed by atoms with Crippen molar-refractivity contribution in [1.82, 2.24) is 4.98 Å². The molecule has 0 aliphatic carbocycles. The number of methoxy groups -OCH3 is 1. The number of nitrogens with zero attached hydrogens (tertiary/aromatic N) is 2. The Kier molecular flexibility index (Phi) is 5.91. The van der Waals surface area contributed by atoms with Crippen LogP contribution < -0.4 is 9.64 Å². The van der Waals surface area contributed by atoms with E-state index in [1.807, 2.05) is 0 Å². The molecule has 1 fully saturated rings. The van der Waals surface area contributed by atoms with Gasteiger partial charge in [0.15, 0.2) is 0 Å². The summed E-state index contributed by atoms with van der Waals surface area (Å²) < 4.78 is 5.22. The fraction of sp³-hybridized carbons (Fsp3) is 0.125. The molecule has 3 aromatic rings. The maximum Gasteiger partial charge on any atom is 0.300 e. The molecule has 0 bridgehead atoms. The first-order valence-corrected chi connectivity index (χ1v) is 10.4.